The smallest absolute Gasteiger partial charge is 0.253 e. The van der Waals surface area contributed by atoms with E-state index in [-0.39, 0.29) is 18.1 Å². The number of hydrogen-bond donors (Lipinski definition) is 2. The van der Waals surface area contributed by atoms with Crippen molar-refractivity contribution in [2.24, 2.45) is 7.05 Å². The lowest BCUT2D eigenvalue weighted by Gasteiger charge is -2.22. The van der Waals surface area contributed by atoms with Crippen molar-refractivity contribution >= 4 is 38.4 Å². The fourth-order valence-corrected chi connectivity index (χ4v) is 5.54. The Bertz CT molecular complexity index is 1310. The first-order valence-corrected chi connectivity index (χ1v) is 11.6. The van der Waals surface area contributed by atoms with E-state index in [0.717, 1.165) is 39.8 Å². The number of nitrogens with zero attached hydrogens (tertiary/aromatic N) is 3. The van der Waals surface area contributed by atoms with Crippen LogP contribution in [0.25, 0.3) is 21.1 Å². The molecule has 1 fully saturated rings. The number of aliphatic hydroxyl groups is 1. The number of carbonyl (C=O) groups is 1. The molecule has 1 aliphatic heterocycles. The summed E-state index contributed by atoms with van der Waals surface area (Å²) in [5.74, 6) is 1.37. The number of likely N-dealkylation sites (tertiary alicyclic amines) is 1. The number of aromatic nitrogens is 2. The average molecular weight is 451 g/mol. The molecule has 5 rings (SSSR count). The number of fused-ring (bicyclic) bond motifs is 2. The molecule has 1 saturated heterocycles. The Morgan fingerprint density at radius 3 is 2.94 bits per heavy atom. The number of nitrogens with one attached hydrogen (secondary N) is 1. The number of pyridine rings is 1. The van der Waals surface area contributed by atoms with Crippen LogP contribution in [-0.2, 0) is 7.05 Å². The largest absolute Gasteiger partial charge is 0.456 e. The van der Waals surface area contributed by atoms with E-state index in [1.165, 1.54) is 4.88 Å². The Labute approximate surface area is 190 Å². The van der Waals surface area contributed by atoms with Crippen molar-refractivity contribution in [1.29, 1.82) is 0 Å². The SMILES string of the molecule is CNC(=O)c1cn(C)c2cc(Oc3ccnc4cc(C(C)N5CC[C@@H](O)C5)sc34)ccc12. The molecular weight excluding hydrogens is 424 g/mol. The van der Waals surface area contributed by atoms with Crippen LogP contribution in [0, 0.1) is 0 Å². The van der Waals surface area contributed by atoms with Gasteiger partial charge in [0.1, 0.15) is 11.5 Å². The molecule has 8 heteroatoms. The molecule has 2 N–H and O–H groups in total. The molecule has 0 radical (unpaired) electrons. The maximum absolute atomic E-state index is 12.2. The summed E-state index contributed by atoms with van der Waals surface area (Å²) in [6.07, 6.45) is 4.19. The molecule has 0 bridgehead atoms. The van der Waals surface area contributed by atoms with Gasteiger partial charge in [0.15, 0.2) is 0 Å². The predicted octanol–water partition coefficient (Wildman–Crippen LogP) is 4.07. The van der Waals surface area contributed by atoms with Crippen molar-refractivity contribution in [2.75, 3.05) is 20.1 Å². The number of β-amino-alcohol motifs (C(OH)–C–C–N with tert-alkyl or cyclic N) is 1. The summed E-state index contributed by atoms with van der Waals surface area (Å²) in [6, 6.07) is 10.0. The van der Waals surface area contributed by atoms with Gasteiger partial charge < -0.3 is 19.7 Å². The van der Waals surface area contributed by atoms with Gasteiger partial charge in [-0.05, 0) is 31.5 Å². The fraction of sp³-hybridized carbons (Fsp3) is 0.333. The van der Waals surface area contributed by atoms with Crippen molar-refractivity contribution in [1.82, 2.24) is 19.8 Å². The average Bonchev–Trinajstić information content (AvgIpc) is 3.50. The van der Waals surface area contributed by atoms with Gasteiger partial charge in [0.2, 0.25) is 0 Å². The third-order valence-electron chi connectivity index (χ3n) is 6.21. The number of hydrogen-bond acceptors (Lipinski definition) is 6. The minimum Gasteiger partial charge on any atom is -0.456 e. The molecule has 0 saturated carbocycles. The standard InChI is InChI=1S/C24H26N4O3S/c1-14(28-9-7-15(29)12-28)22-11-19-23(32-22)21(6-8-26-19)31-16-4-5-17-18(24(30)25-2)13-27(3)20(17)10-16/h4-6,8,10-11,13-15,29H,7,9,12H2,1-3H3,(H,25,30)/t14?,15-/m1/s1. The normalized spacial score (nSPS) is 17.8. The first-order chi connectivity index (χ1) is 15.4. The highest BCUT2D eigenvalue weighted by Crippen LogP contribution is 2.39. The zero-order valence-electron chi connectivity index (χ0n) is 18.3. The Hall–Kier alpha value is -2.94. The topological polar surface area (TPSA) is 79.6 Å². The number of aliphatic hydroxyl groups excluding tert-OH is 1. The molecule has 2 atom stereocenters. The van der Waals surface area contributed by atoms with Crippen molar-refractivity contribution in [3.63, 3.8) is 0 Å². The van der Waals surface area contributed by atoms with Gasteiger partial charge in [-0.2, -0.15) is 0 Å². The second-order valence-electron chi connectivity index (χ2n) is 8.30. The van der Waals surface area contributed by atoms with E-state index >= 15 is 0 Å². The monoisotopic (exact) mass is 450 g/mol. The van der Waals surface area contributed by atoms with Gasteiger partial charge in [0.05, 0.1) is 27.4 Å². The molecule has 1 aliphatic rings. The fourth-order valence-electron chi connectivity index (χ4n) is 4.39. The van der Waals surface area contributed by atoms with Crippen molar-refractivity contribution in [3.8, 4) is 11.5 Å². The van der Waals surface area contributed by atoms with Gasteiger partial charge in [-0.1, -0.05) is 0 Å². The lowest BCUT2D eigenvalue weighted by atomic mass is 10.1. The first-order valence-electron chi connectivity index (χ1n) is 10.7. The quantitative estimate of drug-likeness (QED) is 0.479. The van der Waals surface area contributed by atoms with E-state index in [4.69, 9.17) is 4.74 Å². The van der Waals surface area contributed by atoms with Gasteiger partial charge in [-0.25, -0.2) is 0 Å². The van der Waals surface area contributed by atoms with E-state index in [2.05, 4.69) is 28.2 Å². The summed E-state index contributed by atoms with van der Waals surface area (Å²) in [6.45, 7) is 3.79. The van der Waals surface area contributed by atoms with Crippen LogP contribution in [0.3, 0.4) is 0 Å². The minimum absolute atomic E-state index is 0.106. The number of thiophene rings is 1. The highest BCUT2D eigenvalue weighted by molar-refractivity contribution is 7.19. The number of rotatable bonds is 5. The van der Waals surface area contributed by atoms with Gasteiger partial charge in [0, 0.05) is 68.0 Å². The first kappa shape index (κ1) is 20.9. The number of carbonyl (C=O) groups excluding carboxylic acids is 1. The maximum atomic E-state index is 12.2. The third-order valence-corrected chi connectivity index (χ3v) is 7.52. The van der Waals surface area contributed by atoms with Crippen LogP contribution in [0.1, 0.15) is 34.6 Å². The predicted molar refractivity (Wildman–Crippen MR) is 127 cm³/mol. The Kier molecular flexibility index (Phi) is 5.36. The van der Waals surface area contributed by atoms with Crippen LogP contribution < -0.4 is 10.1 Å². The lowest BCUT2D eigenvalue weighted by Crippen LogP contribution is -2.24. The van der Waals surface area contributed by atoms with E-state index < -0.39 is 0 Å². The Morgan fingerprint density at radius 1 is 1.34 bits per heavy atom. The van der Waals surface area contributed by atoms with Crippen LogP contribution in [0.15, 0.2) is 42.7 Å². The van der Waals surface area contributed by atoms with Gasteiger partial charge in [-0.3, -0.25) is 14.7 Å². The van der Waals surface area contributed by atoms with Crippen molar-refractivity contribution in [3.05, 3.63) is 53.2 Å². The number of aryl methyl sites for hydroxylation is 1. The Morgan fingerprint density at radius 2 is 2.19 bits per heavy atom. The molecule has 166 valence electrons. The summed E-state index contributed by atoms with van der Waals surface area (Å²) >= 11 is 1.69. The molecule has 1 amide bonds. The second-order valence-corrected chi connectivity index (χ2v) is 9.38. The Balaban J connectivity index is 1.46. The van der Waals surface area contributed by atoms with Crippen LogP contribution in [0.5, 0.6) is 11.5 Å². The van der Waals surface area contributed by atoms with Crippen LogP contribution >= 0.6 is 11.3 Å². The number of ether oxygens (including phenoxy) is 1. The zero-order valence-corrected chi connectivity index (χ0v) is 19.1. The highest BCUT2D eigenvalue weighted by Gasteiger charge is 2.26. The summed E-state index contributed by atoms with van der Waals surface area (Å²) in [5, 5.41) is 13.5. The molecule has 32 heavy (non-hydrogen) atoms. The van der Waals surface area contributed by atoms with E-state index in [9.17, 15) is 9.90 Å². The van der Waals surface area contributed by atoms with Crippen LogP contribution in [0.4, 0.5) is 0 Å². The van der Waals surface area contributed by atoms with E-state index in [1.807, 2.05) is 42.1 Å². The van der Waals surface area contributed by atoms with Gasteiger partial charge in [0.25, 0.3) is 5.91 Å². The molecule has 0 spiro atoms. The van der Waals surface area contributed by atoms with Gasteiger partial charge >= 0.3 is 0 Å². The molecular formula is C24H26N4O3S. The van der Waals surface area contributed by atoms with Crippen molar-refractivity contribution < 1.29 is 14.6 Å². The number of benzene rings is 1. The van der Waals surface area contributed by atoms with Crippen molar-refractivity contribution in [2.45, 2.75) is 25.5 Å². The molecule has 4 aromatic rings. The van der Waals surface area contributed by atoms with Crippen LogP contribution in [-0.4, -0.2) is 51.7 Å². The maximum Gasteiger partial charge on any atom is 0.253 e. The second kappa shape index (κ2) is 8.20. The summed E-state index contributed by atoms with van der Waals surface area (Å²) in [5.41, 5.74) is 2.49. The van der Waals surface area contributed by atoms with Gasteiger partial charge in [-0.15, -0.1) is 11.3 Å². The molecule has 1 aromatic carbocycles. The summed E-state index contributed by atoms with van der Waals surface area (Å²) < 4.78 is 9.23. The minimum atomic E-state index is -0.236. The molecule has 4 heterocycles. The molecule has 3 aromatic heterocycles. The lowest BCUT2D eigenvalue weighted by molar-refractivity contribution is 0.0964. The summed E-state index contributed by atoms with van der Waals surface area (Å²) in [4.78, 5) is 20.2. The van der Waals surface area contributed by atoms with Crippen LogP contribution in [0.2, 0.25) is 0 Å². The summed E-state index contributed by atoms with van der Waals surface area (Å²) in [7, 11) is 3.56. The van der Waals surface area contributed by atoms with E-state index in [1.54, 1.807) is 24.6 Å². The molecule has 0 aliphatic carbocycles. The van der Waals surface area contributed by atoms with E-state index in [0.29, 0.717) is 17.9 Å². The highest BCUT2D eigenvalue weighted by atomic mass is 32.1. The zero-order chi connectivity index (χ0) is 22.4. The molecule has 1 unspecified atom stereocenters. The molecule has 7 nitrogen and oxygen atoms in total. The number of amides is 1. The third kappa shape index (κ3) is 3.64.